The fraction of sp³-hybridized carbons (Fsp3) is 0.273. The van der Waals surface area contributed by atoms with E-state index < -0.39 is 9.84 Å². The second-order valence-electron chi connectivity index (χ2n) is 7.55. The number of hydrogen-bond donors (Lipinski definition) is 0. The minimum Gasteiger partial charge on any atom is -0.481 e. The predicted octanol–water partition coefficient (Wildman–Crippen LogP) is 2.91. The monoisotopic (exact) mass is 407 g/mol. The maximum Gasteiger partial charge on any atom is 0.221 e. The van der Waals surface area contributed by atoms with Gasteiger partial charge in [-0.3, -0.25) is 9.88 Å². The zero-order chi connectivity index (χ0) is 20.0. The van der Waals surface area contributed by atoms with Gasteiger partial charge in [0.15, 0.2) is 9.84 Å². The topological polar surface area (TPSA) is 72.4 Å². The van der Waals surface area contributed by atoms with E-state index in [-0.39, 0.29) is 11.2 Å². The van der Waals surface area contributed by atoms with E-state index in [0.29, 0.717) is 17.3 Å². The number of hydrogen-bond acceptors (Lipinski definition) is 6. The number of benzene rings is 1. The normalized spacial score (nSPS) is 22.2. The highest BCUT2D eigenvalue weighted by Crippen LogP contribution is 2.46. The van der Waals surface area contributed by atoms with Gasteiger partial charge in [-0.1, -0.05) is 6.07 Å². The Morgan fingerprint density at radius 1 is 1.10 bits per heavy atom. The summed E-state index contributed by atoms with van der Waals surface area (Å²) >= 11 is 0. The van der Waals surface area contributed by atoms with Crippen LogP contribution in [-0.4, -0.2) is 48.7 Å². The number of methoxy groups -OCH3 is 1. The van der Waals surface area contributed by atoms with Gasteiger partial charge < -0.3 is 4.74 Å². The Morgan fingerprint density at radius 3 is 2.72 bits per heavy atom. The quantitative estimate of drug-likeness (QED) is 0.662. The maximum absolute atomic E-state index is 13.2. The van der Waals surface area contributed by atoms with Crippen LogP contribution in [0.2, 0.25) is 0 Å². The lowest BCUT2D eigenvalue weighted by molar-refractivity contribution is 0.325. The molecule has 0 radical (unpaired) electrons. The van der Waals surface area contributed by atoms with Crippen molar-refractivity contribution in [3.8, 4) is 17.0 Å². The van der Waals surface area contributed by atoms with Crippen LogP contribution in [0.3, 0.4) is 0 Å². The summed E-state index contributed by atoms with van der Waals surface area (Å²) in [5.74, 6) is 0.523. The molecule has 2 aliphatic heterocycles. The van der Waals surface area contributed by atoms with Gasteiger partial charge in [0.2, 0.25) is 5.88 Å². The molecule has 6 nitrogen and oxygen atoms in total. The van der Waals surface area contributed by atoms with Gasteiger partial charge in [-0.15, -0.1) is 0 Å². The Kier molecular flexibility index (Phi) is 4.37. The van der Waals surface area contributed by atoms with Crippen molar-refractivity contribution in [3.05, 3.63) is 72.2 Å². The number of rotatable bonds is 4. The van der Waals surface area contributed by atoms with Gasteiger partial charge in [-0.25, -0.2) is 13.4 Å². The fourth-order valence-corrected chi connectivity index (χ4v) is 6.74. The van der Waals surface area contributed by atoms with E-state index in [1.165, 1.54) is 0 Å². The van der Waals surface area contributed by atoms with E-state index in [4.69, 9.17) is 4.74 Å². The Morgan fingerprint density at radius 2 is 1.93 bits per heavy atom. The lowest BCUT2D eigenvalue weighted by Gasteiger charge is -2.17. The van der Waals surface area contributed by atoms with Crippen LogP contribution in [0.5, 0.6) is 5.88 Å². The van der Waals surface area contributed by atoms with Gasteiger partial charge in [0.1, 0.15) is 0 Å². The lowest BCUT2D eigenvalue weighted by atomic mass is 9.95. The third-order valence-electron chi connectivity index (χ3n) is 5.89. The van der Waals surface area contributed by atoms with Gasteiger partial charge in [0.05, 0.1) is 17.3 Å². The van der Waals surface area contributed by atoms with E-state index in [9.17, 15) is 8.42 Å². The fourth-order valence-electron chi connectivity index (χ4n) is 4.54. The molecule has 0 bridgehead atoms. The Bertz CT molecular complexity index is 1160. The number of likely N-dealkylation sites (tertiary alicyclic amines) is 1. The molecule has 2 aromatic heterocycles. The molecule has 1 fully saturated rings. The molecular weight excluding hydrogens is 386 g/mol. The molecule has 1 aromatic carbocycles. The van der Waals surface area contributed by atoms with Gasteiger partial charge in [0, 0.05) is 49.7 Å². The first-order valence-electron chi connectivity index (χ1n) is 9.56. The molecule has 0 unspecified atom stereocenters. The van der Waals surface area contributed by atoms with Crippen LogP contribution in [0.4, 0.5) is 0 Å². The average Bonchev–Trinajstić information content (AvgIpc) is 3.26. The van der Waals surface area contributed by atoms with Crippen LogP contribution in [0, 0.1) is 0 Å². The summed E-state index contributed by atoms with van der Waals surface area (Å²) < 4.78 is 31.7. The first-order valence-corrected chi connectivity index (χ1v) is 11.1. The van der Waals surface area contributed by atoms with Crippen LogP contribution in [0.1, 0.15) is 17.0 Å². The largest absolute Gasteiger partial charge is 0.481 e. The van der Waals surface area contributed by atoms with E-state index in [1.54, 1.807) is 31.8 Å². The van der Waals surface area contributed by atoms with Gasteiger partial charge in [0.25, 0.3) is 0 Å². The van der Waals surface area contributed by atoms with Crippen molar-refractivity contribution in [2.45, 2.75) is 22.6 Å². The van der Waals surface area contributed by atoms with Crippen molar-refractivity contribution in [1.29, 1.82) is 0 Å². The van der Waals surface area contributed by atoms with Crippen LogP contribution in [-0.2, 0) is 16.4 Å². The molecule has 2 aliphatic rings. The van der Waals surface area contributed by atoms with Crippen LogP contribution < -0.4 is 4.74 Å². The molecule has 0 spiro atoms. The second-order valence-corrected chi connectivity index (χ2v) is 9.69. The number of nitrogens with zero attached hydrogens (tertiary/aromatic N) is 3. The number of aromatic nitrogens is 2. The van der Waals surface area contributed by atoms with Gasteiger partial charge >= 0.3 is 0 Å². The summed E-state index contributed by atoms with van der Waals surface area (Å²) in [7, 11) is -1.73. The van der Waals surface area contributed by atoms with Crippen molar-refractivity contribution < 1.29 is 13.2 Å². The van der Waals surface area contributed by atoms with Crippen molar-refractivity contribution in [2.24, 2.45) is 0 Å². The summed E-state index contributed by atoms with van der Waals surface area (Å²) in [6, 6.07) is 13.4. The summed E-state index contributed by atoms with van der Waals surface area (Å²) in [6.07, 6.45) is 5.22. The van der Waals surface area contributed by atoms with Crippen molar-refractivity contribution in [2.75, 3.05) is 20.2 Å². The van der Waals surface area contributed by atoms with E-state index in [0.717, 1.165) is 35.3 Å². The highest BCUT2D eigenvalue weighted by atomic mass is 32.2. The van der Waals surface area contributed by atoms with E-state index in [1.807, 2.05) is 36.4 Å². The van der Waals surface area contributed by atoms with E-state index in [2.05, 4.69) is 14.9 Å². The highest BCUT2D eigenvalue weighted by molar-refractivity contribution is 7.92. The molecule has 0 N–H and O–H groups in total. The predicted molar refractivity (Wildman–Crippen MR) is 109 cm³/mol. The average molecular weight is 407 g/mol. The van der Waals surface area contributed by atoms with Gasteiger partial charge in [-0.05, 0) is 53.1 Å². The third kappa shape index (κ3) is 3.01. The molecule has 1 saturated heterocycles. The molecule has 0 aliphatic carbocycles. The molecule has 29 heavy (non-hydrogen) atoms. The molecule has 5 rings (SSSR count). The zero-order valence-electron chi connectivity index (χ0n) is 16.0. The number of fused-ring (bicyclic) bond motifs is 3. The Hall–Kier alpha value is -2.77. The summed E-state index contributed by atoms with van der Waals surface area (Å²) in [6.45, 7) is 2.01. The Balaban J connectivity index is 1.50. The Labute approximate surface area is 170 Å². The van der Waals surface area contributed by atoms with Gasteiger partial charge in [-0.2, -0.15) is 0 Å². The summed E-state index contributed by atoms with van der Waals surface area (Å²) in [4.78, 5) is 11.0. The molecule has 3 aromatic rings. The molecule has 4 heterocycles. The minimum atomic E-state index is -3.32. The number of ether oxygens (including phenoxy) is 1. The molecule has 0 amide bonds. The first kappa shape index (κ1) is 18.3. The zero-order valence-corrected chi connectivity index (χ0v) is 16.8. The van der Waals surface area contributed by atoms with Crippen molar-refractivity contribution >= 4 is 9.84 Å². The SMILES string of the molecule is COc1ncccc1-c1ccc2c(c1)[C@@H]1CN(Cc3ccncc3)C[C@@H]1S2(=O)=O. The minimum absolute atomic E-state index is 0.0144. The van der Waals surface area contributed by atoms with Crippen LogP contribution >= 0.6 is 0 Å². The second kappa shape index (κ2) is 6.93. The standard InChI is InChI=1S/C22H21N3O3S/c1-28-22-17(3-2-8-24-22)16-4-5-20-18(11-16)19-13-25(14-21(19)29(20,26)27)12-15-6-9-23-10-7-15/h2-11,19,21H,12-14H2,1H3/t19-,21-/m0/s1. The first-order chi connectivity index (χ1) is 14.1. The van der Waals surface area contributed by atoms with Crippen LogP contribution in [0.15, 0.2) is 66.0 Å². The number of pyridine rings is 2. The summed E-state index contributed by atoms with van der Waals surface area (Å²) in [5.41, 5.74) is 3.85. The number of sulfone groups is 1. The molecule has 7 heteroatoms. The highest BCUT2D eigenvalue weighted by Gasteiger charge is 2.50. The van der Waals surface area contributed by atoms with Crippen LogP contribution in [0.25, 0.3) is 11.1 Å². The third-order valence-corrected chi connectivity index (χ3v) is 8.15. The molecular formula is C22H21N3O3S. The summed E-state index contributed by atoms with van der Waals surface area (Å²) in [5, 5.41) is -0.384. The molecule has 0 saturated carbocycles. The van der Waals surface area contributed by atoms with E-state index >= 15 is 0 Å². The molecule has 148 valence electrons. The lowest BCUT2D eigenvalue weighted by Crippen LogP contribution is -2.25. The van der Waals surface area contributed by atoms with Crippen molar-refractivity contribution in [1.82, 2.24) is 14.9 Å². The smallest absolute Gasteiger partial charge is 0.221 e. The van der Waals surface area contributed by atoms with Crippen molar-refractivity contribution in [3.63, 3.8) is 0 Å². The molecule has 2 atom stereocenters. The maximum atomic E-state index is 13.2.